The Hall–Kier alpha value is -3.28. The van der Waals surface area contributed by atoms with Crippen LogP contribution in [-0.2, 0) is 17.9 Å². The molecule has 1 aromatic heterocycles. The first kappa shape index (κ1) is 24.4. The van der Waals surface area contributed by atoms with Crippen LogP contribution in [0.2, 0.25) is 0 Å². The lowest BCUT2D eigenvalue weighted by molar-refractivity contribution is -0.192. The summed E-state index contributed by atoms with van der Waals surface area (Å²) in [4.78, 5) is 28.1. The summed E-state index contributed by atoms with van der Waals surface area (Å²) in [5.74, 6) is -0.326. The van der Waals surface area contributed by atoms with Gasteiger partial charge in [-0.15, -0.1) is 0 Å². The molecule has 2 N–H and O–H groups in total. The number of hydrogen-bond acceptors (Lipinski definition) is 6. The number of carboxylic acid groups (broad SMARTS) is 1. The van der Waals surface area contributed by atoms with E-state index in [1.807, 2.05) is 32.2 Å². The highest BCUT2D eigenvalue weighted by atomic mass is 19.4. The average molecular weight is 470 g/mol. The Kier molecular flexibility index (Phi) is 7.15. The van der Waals surface area contributed by atoms with E-state index >= 15 is 0 Å². The lowest BCUT2D eigenvalue weighted by Gasteiger charge is -2.33. The fraction of sp³-hybridized carbons (Fsp3) is 0.476. The Balaban J connectivity index is 0.000000383. The fourth-order valence-electron chi connectivity index (χ4n) is 3.47. The number of aliphatic carboxylic acids is 1. The molecular formula is C21H25F3N4O5. The van der Waals surface area contributed by atoms with E-state index in [0.29, 0.717) is 5.69 Å². The van der Waals surface area contributed by atoms with Crippen molar-refractivity contribution in [3.63, 3.8) is 0 Å². The number of halogens is 3. The molecule has 9 nitrogen and oxygen atoms in total. The monoisotopic (exact) mass is 470 g/mol. The molecule has 4 rings (SSSR count). The lowest BCUT2D eigenvalue weighted by Crippen LogP contribution is -2.36. The highest BCUT2D eigenvalue weighted by Crippen LogP contribution is 2.34. The molecule has 2 aliphatic rings. The van der Waals surface area contributed by atoms with Crippen LogP contribution in [0, 0.1) is 0 Å². The molecule has 0 radical (unpaired) electrons. The van der Waals surface area contributed by atoms with Crippen LogP contribution in [0.1, 0.15) is 48.7 Å². The van der Waals surface area contributed by atoms with Gasteiger partial charge < -0.3 is 24.5 Å². The van der Waals surface area contributed by atoms with E-state index in [9.17, 15) is 18.0 Å². The number of benzene rings is 1. The summed E-state index contributed by atoms with van der Waals surface area (Å²) in [5.41, 5.74) is 1.67. The predicted octanol–water partition coefficient (Wildman–Crippen LogP) is 2.96. The minimum Gasteiger partial charge on any atom is -0.475 e. The Morgan fingerprint density at radius 1 is 1.24 bits per heavy atom. The summed E-state index contributed by atoms with van der Waals surface area (Å²) in [7, 11) is 0. The van der Waals surface area contributed by atoms with Gasteiger partial charge >= 0.3 is 12.1 Å². The van der Waals surface area contributed by atoms with Gasteiger partial charge in [-0.2, -0.15) is 13.2 Å². The second kappa shape index (κ2) is 9.69. The zero-order chi connectivity index (χ0) is 24.3. The minimum atomic E-state index is -5.08. The zero-order valence-electron chi connectivity index (χ0n) is 18.3. The van der Waals surface area contributed by atoms with E-state index < -0.39 is 12.1 Å². The van der Waals surface area contributed by atoms with Gasteiger partial charge in [-0.25, -0.2) is 9.78 Å². The van der Waals surface area contributed by atoms with Crippen molar-refractivity contribution >= 4 is 11.9 Å². The number of nitrogens with zero attached hydrogens (tertiary/aromatic N) is 3. The molecule has 2 aliphatic heterocycles. The molecule has 0 saturated carbocycles. The van der Waals surface area contributed by atoms with Crippen molar-refractivity contribution in [1.29, 1.82) is 0 Å². The molecular weight excluding hydrogens is 445 g/mol. The number of carbonyl (C=O) groups excluding carboxylic acids is 1. The molecule has 180 valence electrons. The molecule has 0 bridgehead atoms. The zero-order valence-corrected chi connectivity index (χ0v) is 18.3. The number of hydrogen-bond donors (Lipinski definition) is 2. The molecule has 0 aliphatic carbocycles. The number of amides is 1. The van der Waals surface area contributed by atoms with Gasteiger partial charge in [-0.05, 0) is 38.5 Å². The van der Waals surface area contributed by atoms with Crippen molar-refractivity contribution in [1.82, 2.24) is 19.8 Å². The summed E-state index contributed by atoms with van der Waals surface area (Å²) >= 11 is 0. The van der Waals surface area contributed by atoms with E-state index in [4.69, 9.17) is 19.4 Å². The van der Waals surface area contributed by atoms with Crippen LogP contribution >= 0.6 is 0 Å². The molecule has 0 fully saturated rings. The van der Waals surface area contributed by atoms with Gasteiger partial charge in [0.15, 0.2) is 11.5 Å². The lowest BCUT2D eigenvalue weighted by atomic mass is 10.1. The van der Waals surface area contributed by atoms with Crippen LogP contribution in [0.4, 0.5) is 13.2 Å². The Labute approximate surface area is 188 Å². The maximum Gasteiger partial charge on any atom is 0.490 e. The standard InChI is InChI=1S/C19H24N4O3.C2HF3O2/c1-12(2)20-19(24)15-10-23-7-6-22(13(3)18(23)21-15)9-14-4-5-16-17(8-14)26-11-25-16;3-2(4,5)1(6)7/h4-5,8,10,12-13H,6-7,9,11H2,1-3H3,(H,20,24);(H,6,7). The highest BCUT2D eigenvalue weighted by molar-refractivity contribution is 5.92. The number of carbonyl (C=O) groups is 2. The molecule has 1 aromatic carbocycles. The number of ether oxygens (including phenoxy) is 2. The second-order valence-electron chi connectivity index (χ2n) is 7.94. The first-order chi connectivity index (χ1) is 15.5. The molecule has 2 aromatic rings. The number of rotatable bonds is 4. The minimum absolute atomic E-state index is 0.0983. The summed E-state index contributed by atoms with van der Waals surface area (Å²) in [5, 5.41) is 10.0. The first-order valence-corrected chi connectivity index (χ1v) is 10.3. The third-order valence-electron chi connectivity index (χ3n) is 5.07. The average Bonchev–Trinajstić information content (AvgIpc) is 3.36. The van der Waals surface area contributed by atoms with Gasteiger partial charge in [-0.1, -0.05) is 6.07 Å². The van der Waals surface area contributed by atoms with E-state index in [0.717, 1.165) is 37.0 Å². The molecule has 1 atom stereocenters. The van der Waals surface area contributed by atoms with Crippen LogP contribution in [0.5, 0.6) is 11.5 Å². The predicted molar refractivity (Wildman–Crippen MR) is 110 cm³/mol. The fourth-order valence-corrected chi connectivity index (χ4v) is 3.47. The summed E-state index contributed by atoms with van der Waals surface area (Å²) < 4.78 is 44.7. The number of nitrogens with one attached hydrogen (secondary N) is 1. The largest absolute Gasteiger partial charge is 0.490 e. The van der Waals surface area contributed by atoms with Crippen LogP contribution in [0.3, 0.4) is 0 Å². The number of imidazole rings is 1. The smallest absolute Gasteiger partial charge is 0.475 e. The molecule has 33 heavy (non-hydrogen) atoms. The molecule has 1 unspecified atom stereocenters. The van der Waals surface area contributed by atoms with Crippen molar-refractivity contribution in [2.24, 2.45) is 0 Å². The molecule has 12 heteroatoms. The molecule has 0 saturated heterocycles. The summed E-state index contributed by atoms with van der Waals surface area (Å²) in [6.07, 6.45) is -3.22. The van der Waals surface area contributed by atoms with Crippen molar-refractivity contribution in [3.8, 4) is 11.5 Å². The van der Waals surface area contributed by atoms with Crippen molar-refractivity contribution in [3.05, 3.63) is 41.5 Å². The van der Waals surface area contributed by atoms with E-state index in [-0.39, 0.29) is 24.8 Å². The number of alkyl halides is 3. The normalized spacial score (nSPS) is 17.2. The molecule has 1 amide bonds. The van der Waals surface area contributed by atoms with Crippen molar-refractivity contribution in [2.75, 3.05) is 13.3 Å². The van der Waals surface area contributed by atoms with Gasteiger partial charge in [0.1, 0.15) is 11.5 Å². The van der Waals surface area contributed by atoms with Gasteiger partial charge in [0.05, 0.1) is 6.04 Å². The van der Waals surface area contributed by atoms with E-state index in [2.05, 4.69) is 32.8 Å². The second-order valence-corrected chi connectivity index (χ2v) is 7.94. The van der Waals surface area contributed by atoms with Crippen molar-refractivity contribution in [2.45, 2.75) is 52.1 Å². The third-order valence-corrected chi connectivity index (χ3v) is 5.07. The van der Waals surface area contributed by atoms with Crippen LogP contribution in [0.15, 0.2) is 24.4 Å². The van der Waals surface area contributed by atoms with E-state index in [1.54, 1.807) is 0 Å². The Morgan fingerprint density at radius 2 is 1.91 bits per heavy atom. The Bertz CT molecular complexity index is 1020. The Morgan fingerprint density at radius 3 is 2.55 bits per heavy atom. The highest BCUT2D eigenvalue weighted by Gasteiger charge is 2.38. The topological polar surface area (TPSA) is 106 Å². The van der Waals surface area contributed by atoms with Gasteiger partial charge in [0, 0.05) is 31.9 Å². The summed E-state index contributed by atoms with van der Waals surface area (Å²) in [6, 6.07) is 6.30. The third kappa shape index (κ3) is 5.95. The maximum absolute atomic E-state index is 12.2. The van der Waals surface area contributed by atoms with Gasteiger partial charge in [-0.3, -0.25) is 9.69 Å². The van der Waals surface area contributed by atoms with Gasteiger partial charge in [0.25, 0.3) is 5.91 Å². The van der Waals surface area contributed by atoms with Crippen LogP contribution in [-0.4, -0.2) is 57.0 Å². The SMILES string of the molecule is CC(C)NC(=O)c1cn2c(n1)C(C)N(Cc1ccc3c(c1)OCO3)CC2.O=C(O)C(F)(F)F. The molecule has 0 spiro atoms. The number of fused-ring (bicyclic) bond motifs is 2. The van der Waals surface area contributed by atoms with Crippen LogP contribution in [0.25, 0.3) is 0 Å². The summed E-state index contributed by atoms with van der Waals surface area (Å²) in [6.45, 7) is 8.86. The van der Waals surface area contributed by atoms with Gasteiger partial charge in [0.2, 0.25) is 6.79 Å². The maximum atomic E-state index is 12.2. The molecule has 3 heterocycles. The van der Waals surface area contributed by atoms with Crippen molar-refractivity contribution < 1.29 is 37.3 Å². The number of carboxylic acids is 1. The first-order valence-electron chi connectivity index (χ1n) is 10.3. The van der Waals surface area contributed by atoms with E-state index in [1.165, 1.54) is 5.56 Å². The number of aromatic nitrogens is 2. The van der Waals surface area contributed by atoms with Crippen LogP contribution < -0.4 is 14.8 Å². The quantitative estimate of drug-likeness (QED) is 0.708.